The van der Waals surface area contributed by atoms with Gasteiger partial charge in [0.25, 0.3) is 0 Å². The molecule has 4 nitrogen and oxygen atoms in total. The summed E-state index contributed by atoms with van der Waals surface area (Å²) in [5, 5.41) is 2.77. The second kappa shape index (κ2) is 9.01. The van der Waals surface area contributed by atoms with E-state index in [9.17, 15) is 13.6 Å². The monoisotopic (exact) mass is 349 g/mol. The predicted octanol–water partition coefficient (Wildman–Crippen LogP) is 3.27. The number of hydrogen-bond donors (Lipinski definition) is 1. The lowest BCUT2D eigenvalue weighted by molar-refractivity contribution is -0.121. The number of methoxy groups -OCH3 is 2. The number of halogens is 2. The van der Waals surface area contributed by atoms with E-state index in [-0.39, 0.29) is 24.3 Å². The largest absolute Gasteiger partial charge is 0.493 e. The first kappa shape index (κ1) is 18.7. The van der Waals surface area contributed by atoms with Gasteiger partial charge in [-0.25, -0.2) is 8.78 Å². The molecule has 2 aromatic rings. The third kappa shape index (κ3) is 5.17. The van der Waals surface area contributed by atoms with Crippen molar-refractivity contribution in [3.8, 4) is 11.5 Å². The topological polar surface area (TPSA) is 47.6 Å². The molecule has 0 unspecified atom stereocenters. The Kier molecular flexibility index (Phi) is 6.74. The highest BCUT2D eigenvalue weighted by molar-refractivity contribution is 5.76. The molecule has 0 aliphatic carbocycles. The molecule has 1 N–H and O–H groups in total. The van der Waals surface area contributed by atoms with E-state index in [2.05, 4.69) is 5.32 Å². The van der Waals surface area contributed by atoms with E-state index in [0.717, 1.165) is 11.6 Å². The van der Waals surface area contributed by atoms with Gasteiger partial charge in [0.05, 0.1) is 14.2 Å². The normalized spacial score (nSPS) is 10.4. The molecule has 0 radical (unpaired) electrons. The smallest absolute Gasteiger partial charge is 0.220 e. The second-order valence-corrected chi connectivity index (χ2v) is 5.50. The first-order chi connectivity index (χ1) is 12.0. The third-order valence-electron chi connectivity index (χ3n) is 3.84. The number of amides is 1. The van der Waals surface area contributed by atoms with Gasteiger partial charge in [0, 0.05) is 13.0 Å². The van der Waals surface area contributed by atoms with Crippen LogP contribution >= 0.6 is 0 Å². The van der Waals surface area contributed by atoms with Gasteiger partial charge in [0.15, 0.2) is 23.1 Å². The van der Waals surface area contributed by atoms with Crippen molar-refractivity contribution >= 4 is 5.91 Å². The Bertz CT molecular complexity index is 735. The lowest BCUT2D eigenvalue weighted by Crippen LogP contribution is -2.26. The summed E-state index contributed by atoms with van der Waals surface area (Å²) in [5.41, 5.74) is 1.20. The number of carbonyl (C=O) groups excluding carboxylic acids is 1. The zero-order valence-corrected chi connectivity index (χ0v) is 14.3. The van der Waals surface area contributed by atoms with Gasteiger partial charge in [-0.3, -0.25) is 4.79 Å². The maximum absolute atomic E-state index is 13.5. The Balaban J connectivity index is 1.80. The molecule has 25 heavy (non-hydrogen) atoms. The average Bonchev–Trinajstić information content (AvgIpc) is 2.62. The Labute approximate surface area is 145 Å². The minimum atomic E-state index is -0.897. The molecule has 0 bridgehead atoms. The number of hydrogen-bond acceptors (Lipinski definition) is 3. The van der Waals surface area contributed by atoms with E-state index >= 15 is 0 Å². The van der Waals surface area contributed by atoms with Crippen LogP contribution in [0.2, 0.25) is 0 Å². The highest BCUT2D eigenvalue weighted by atomic mass is 19.2. The van der Waals surface area contributed by atoms with Gasteiger partial charge in [-0.15, -0.1) is 0 Å². The molecule has 0 fully saturated rings. The molecule has 0 spiro atoms. The highest BCUT2D eigenvalue weighted by Gasteiger charge is 2.10. The van der Waals surface area contributed by atoms with E-state index in [1.54, 1.807) is 14.2 Å². The summed E-state index contributed by atoms with van der Waals surface area (Å²) in [6, 6.07) is 9.53. The van der Waals surface area contributed by atoms with Crippen molar-refractivity contribution in [1.82, 2.24) is 5.32 Å². The van der Waals surface area contributed by atoms with Crippen molar-refractivity contribution in [1.29, 1.82) is 0 Å². The molecule has 6 heteroatoms. The van der Waals surface area contributed by atoms with Crippen LogP contribution in [-0.2, 0) is 17.6 Å². The summed E-state index contributed by atoms with van der Waals surface area (Å²) < 4.78 is 37.1. The van der Waals surface area contributed by atoms with Crippen LogP contribution in [0.3, 0.4) is 0 Å². The quantitative estimate of drug-likeness (QED) is 0.796. The second-order valence-electron chi connectivity index (χ2n) is 5.50. The Morgan fingerprint density at radius 3 is 2.52 bits per heavy atom. The number of nitrogens with one attached hydrogen (secondary N) is 1. The molecule has 0 aliphatic rings. The number of aryl methyl sites for hydroxylation is 1. The minimum absolute atomic E-state index is 0.103. The number of benzene rings is 2. The van der Waals surface area contributed by atoms with Gasteiger partial charge >= 0.3 is 0 Å². The van der Waals surface area contributed by atoms with Crippen LogP contribution in [0.4, 0.5) is 8.78 Å². The summed E-state index contributed by atoms with van der Waals surface area (Å²) in [7, 11) is 3.13. The van der Waals surface area contributed by atoms with Gasteiger partial charge in [0.1, 0.15) is 0 Å². The van der Waals surface area contributed by atoms with Crippen molar-refractivity contribution in [3.63, 3.8) is 0 Å². The van der Waals surface area contributed by atoms with Crippen molar-refractivity contribution in [3.05, 3.63) is 59.2 Å². The molecule has 0 heterocycles. The van der Waals surface area contributed by atoms with Crippen molar-refractivity contribution < 1.29 is 23.0 Å². The molecule has 2 rings (SSSR count). The van der Waals surface area contributed by atoms with Crippen molar-refractivity contribution in [2.75, 3.05) is 20.8 Å². The number of ether oxygens (including phenoxy) is 2. The van der Waals surface area contributed by atoms with Crippen LogP contribution in [0.25, 0.3) is 0 Å². The molecule has 0 saturated heterocycles. The van der Waals surface area contributed by atoms with E-state index in [4.69, 9.17) is 9.47 Å². The summed E-state index contributed by atoms with van der Waals surface area (Å²) in [6.45, 7) is 0.444. The average molecular weight is 349 g/mol. The molecule has 0 saturated carbocycles. The molecule has 134 valence electrons. The summed E-state index contributed by atoms with van der Waals surface area (Å²) in [5.74, 6) is -0.712. The molecule has 0 aromatic heterocycles. The SMILES string of the molecule is COc1ccc(CCNC(=O)CCc2cccc(F)c2F)cc1OC. The van der Waals surface area contributed by atoms with Gasteiger partial charge < -0.3 is 14.8 Å². The van der Waals surface area contributed by atoms with Crippen LogP contribution in [0.15, 0.2) is 36.4 Å². The first-order valence-electron chi connectivity index (χ1n) is 7.95. The van der Waals surface area contributed by atoms with Crippen LogP contribution in [0.5, 0.6) is 11.5 Å². The highest BCUT2D eigenvalue weighted by Crippen LogP contribution is 2.27. The Hall–Kier alpha value is -2.63. The molecule has 0 aliphatic heterocycles. The zero-order chi connectivity index (χ0) is 18.2. The summed E-state index contributed by atoms with van der Waals surface area (Å²) >= 11 is 0. The molecule has 2 aromatic carbocycles. The Morgan fingerprint density at radius 2 is 1.80 bits per heavy atom. The zero-order valence-electron chi connectivity index (χ0n) is 14.3. The minimum Gasteiger partial charge on any atom is -0.493 e. The van der Waals surface area contributed by atoms with Gasteiger partial charge in [-0.05, 0) is 42.2 Å². The van der Waals surface area contributed by atoms with Crippen molar-refractivity contribution in [2.24, 2.45) is 0 Å². The maximum atomic E-state index is 13.5. The molecule has 0 atom stereocenters. The fraction of sp³-hybridized carbons (Fsp3) is 0.316. The maximum Gasteiger partial charge on any atom is 0.220 e. The summed E-state index contributed by atoms with van der Waals surface area (Å²) in [4.78, 5) is 11.9. The van der Waals surface area contributed by atoms with E-state index in [0.29, 0.717) is 24.5 Å². The van der Waals surface area contributed by atoms with Crippen LogP contribution in [0.1, 0.15) is 17.5 Å². The van der Waals surface area contributed by atoms with Crippen LogP contribution in [-0.4, -0.2) is 26.7 Å². The molecular weight excluding hydrogens is 328 g/mol. The van der Waals surface area contributed by atoms with E-state index in [1.807, 2.05) is 18.2 Å². The lowest BCUT2D eigenvalue weighted by Gasteiger charge is -2.10. The fourth-order valence-electron chi connectivity index (χ4n) is 2.46. The van der Waals surface area contributed by atoms with Crippen molar-refractivity contribution in [2.45, 2.75) is 19.3 Å². The molecule has 1 amide bonds. The molecular formula is C19H21F2NO3. The van der Waals surface area contributed by atoms with Gasteiger partial charge in [-0.1, -0.05) is 18.2 Å². The standard InChI is InChI=1S/C19H21F2NO3/c1-24-16-8-6-13(12-17(16)25-2)10-11-22-18(23)9-7-14-4-3-5-15(20)19(14)21/h3-6,8,12H,7,9-11H2,1-2H3,(H,22,23). The first-order valence-corrected chi connectivity index (χ1v) is 7.95. The summed E-state index contributed by atoms with van der Waals surface area (Å²) in [6.07, 6.45) is 0.887. The van der Waals surface area contributed by atoms with Crippen LogP contribution < -0.4 is 14.8 Å². The number of carbonyl (C=O) groups is 1. The lowest BCUT2D eigenvalue weighted by atomic mass is 10.1. The number of rotatable bonds is 8. The van der Waals surface area contributed by atoms with E-state index in [1.165, 1.54) is 12.1 Å². The van der Waals surface area contributed by atoms with Crippen LogP contribution in [0, 0.1) is 11.6 Å². The Morgan fingerprint density at radius 1 is 1.04 bits per heavy atom. The predicted molar refractivity (Wildman–Crippen MR) is 90.9 cm³/mol. The van der Waals surface area contributed by atoms with Gasteiger partial charge in [0.2, 0.25) is 5.91 Å². The van der Waals surface area contributed by atoms with Gasteiger partial charge in [-0.2, -0.15) is 0 Å². The fourth-order valence-corrected chi connectivity index (χ4v) is 2.46. The third-order valence-corrected chi connectivity index (χ3v) is 3.84. The van der Waals surface area contributed by atoms with E-state index < -0.39 is 11.6 Å².